The summed E-state index contributed by atoms with van der Waals surface area (Å²) in [4.78, 5) is 5.47. The summed E-state index contributed by atoms with van der Waals surface area (Å²) in [6.07, 6.45) is 0. The highest BCUT2D eigenvalue weighted by molar-refractivity contribution is 6.13. The minimum Gasteiger partial charge on any atom is -0.457 e. The maximum atomic E-state index is 6.56. The van der Waals surface area contributed by atoms with Gasteiger partial charge in [0.15, 0.2) is 0 Å². The van der Waals surface area contributed by atoms with E-state index in [0.717, 1.165) is 39.7 Å². The van der Waals surface area contributed by atoms with Gasteiger partial charge in [0.05, 0.1) is 5.41 Å². The van der Waals surface area contributed by atoms with Crippen molar-refractivity contribution in [2.75, 3.05) is 5.32 Å². The van der Waals surface area contributed by atoms with Crippen molar-refractivity contribution >= 4 is 11.5 Å². The second-order valence-electron chi connectivity index (χ2n) is 11.1. The molecule has 0 radical (unpaired) electrons. The molecule has 1 aliphatic carbocycles. The van der Waals surface area contributed by atoms with E-state index in [9.17, 15) is 0 Å². The number of hydrogen-bond acceptors (Lipinski definition) is 3. The van der Waals surface area contributed by atoms with Crippen molar-refractivity contribution in [1.29, 1.82) is 0 Å². The Morgan fingerprint density at radius 2 is 1.12 bits per heavy atom. The van der Waals surface area contributed by atoms with Crippen LogP contribution in [0.15, 0.2) is 151 Å². The molecule has 1 unspecified atom stereocenters. The summed E-state index contributed by atoms with van der Waals surface area (Å²) in [6, 6.07) is 51.5. The molecule has 3 nitrogen and oxygen atoms in total. The second kappa shape index (κ2) is 8.79. The lowest BCUT2D eigenvalue weighted by molar-refractivity contribution is 0.436. The normalized spacial score (nSPS) is 16.6. The van der Waals surface area contributed by atoms with Crippen molar-refractivity contribution in [2.45, 2.75) is 11.5 Å². The summed E-state index contributed by atoms with van der Waals surface area (Å²) < 4.78 is 6.56. The highest BCUT2D eigenvalue weighted by Crippen LogP contribution is 2.62. The largest absolute Gasteiger partial charge is 0.457 e. The highest BCUT2D eigenvalue weighted by Gasteiger charge is 2.52. The van der Waals surface area contributed by atoms with Gasteiger partial charge in [-0.05, 0) is 46.0 Å². The van der Waals surface area contributed by atoms with Crippen molar-refractivity contribution in [3.05, 3.63) is 185 Å². The number of hydrogen-bond donors (Lipinski definition) is 1. The van der Waals surface area contributed by atoms with Crippen LogP contribution in [-0.2, 0) is 5.41 Å². The van der Waals surface area contributed by atoms with Gasteiger partial charge in [-0.3, -0.25) is 4.99 Å². The van der Waals surface area contributed by atoms with Crippen LogP contribution in [0.5, 0.6) is 11.5 Å². The van der Waals surface area contributed by atoms with Gasteiger partial charge in [0.25, 0.3) is 0 Å². The number of anilines is 1. The van der Waals surface area contributed by atoms with Crippen LogP contribution in [0.2, 0.25) is 0 Å². The molecule has 1 spiro atoms. The lowest BCUT2D eigenvalue weighted by Crippen LogP contribution is -2.35. The summed E-state index contributed by atoms with van der Waals surface area (Å²) >= 11 is 0. The SMILES string of the molecule is c1ccc(C2N=C(c3cccc4c3C3(c5ccccc5Oc5ccccc53)c3ccccc3-4)Nc3ccccc32)cc1. The van der Waals surface area contributed by atoms with Crippen LogP contribution in [0.25, 0.3) is 11.1 Å². The molecule has 0 saturated carbocycles. The molecule has 0 fully saturated rings. The number of rotatable bonds is 2. The maximum Gasteiger partial charge on any atom is 0.134 e. The Labute approximate surface area is 244 Å². The third-order valence-corrected chi connectivity index (χ3v) is 9.00. The first-order chi connectivity index (χ1) is 20.8. The number of ether oxygens (including phenoxy) is 1. The Morgan fingerprint density at radius 3 is 1.90 bits per heavy atom. The van der Waals surface area contributed by atoms with E-state index in [1.165, 1.54) is 33.4 Å². The fraction of sp³-hybridized carbons (Fsp3) is 0.0513. The summed E-state index contributed by atoms with van der Waals surface area (Å²) in [5.74, 6) is 2.66. The molecule has 0 saturated heterocycles. The average molecular weight is 539 g/mol. The number of aliphatic imine (C=N–C) groups is 1. The summed E-state index contributed by atoms with van der Waals surface area (Å²) in [6.45, 7) is 0. The van der Waals surface area contributed by atoms with Crippen LogP contribution < -0.4 is 10.1 Å². The van der Waals surface area contributed by atoms with Gasteiger partial charge in [-0.15, -0.1) is 0 Å². The molecule has 3 aliphatic rings. The number of amidine groups is 1. The third kappa shape index (κ3) is 3.08. The first kappa shape index (κ1) is 23.3. The van der Waals surface area contributed by atoms with Gasteiger partial charge in [0, 0.05) is 27.9 Å². The molecule has 1 N–H and O–H groups in total. The smallest absolute Gasteiger partial charge is 0.134 e. The molecule has 42 heavy (non-hydrogen) atoms. The number of nitrogens with zero attached hydrogens (tertiary/aromatic N) is 1. The van der Waals surface area contributed by atoms with E-state index in [0.29, 0.717) is 0 Å². The van der Waals surface area contributed by atoms with E-state index in [1.807, 2.05) is 0 Å². The second-order valence-corrected chi connectivity index (χ2v) is 11.1. The van der Waals surface area contributed by atoms with Gasteiger partial charge < -0.3 is 10.1 Å². The Hall–Kier alpha value is -5.41. The predicted octanol–water partition coefficient (Wildman–Crippen LogP) is 9.12. The zero-order valence-corrected chi connectivity index (χ0v) is 22.8. The van der Waals surface area contributed by atoms with E-state index in [4.69, 9.17) is 9.73 Å². The standard InChI is InChI=1S/C39H26N2O/c1-2-13-25(14-3-1)37-28-16-5-9-22-33(28)40-38(41-37)29-18-12-17-27-26-15-4-6-19-30(26)39(36(27)29)31-20-7-10-23-34(31)42-35-24-11-8-21-32(35)39/h1-24,37H,(H,40,41). The molecule has 0 bridgehead atoms. The first-order valence-electron chi connectivity index (χ1n) is 14.4. The average Bonchev–Trinajstić information content (AvgIpc) is 3.36. The van der Waals surface area contributed by atoms with Gasteiger partial charge in [0.1, 0.15) is 23.4 Å². The quantitative estimate of drug-likeness (QED) is 0.238. The maximum absolute atomic E-state index is 6.56. The lowest BCUT2D eigenvalue weighted by Gasteiger charge is -2.40. The Morgan fingerprint density at radius 1 is 0.524 bits per heavy atom. The van der Waals surface area contributed by atoms with Crippen LogP contribution in [-0.4, -0.2) is 5.84 Å². The fourth-order valence-corrected chi connectivity index (χ4v) is 7.35. The van der Waals surface area contributed by atoms with Crippen LogP contribution >= 0.6 is 0 Å². The van der Waals surface area contributed by atoms with Crippen molar-refractivity contribution in [2.24, 2.45) is 4.99 Å². The van der Waals surface area contributed by atoms with Crippen LogP contribution in [0.4, 0.5) is 5.69 Å². The zero-order chi connectivity index (χ0) is 27.7. The van der Waals surface area contributed by atoms with Crippen LogP contribution in [0, 0.1) is 0 Å². The van der Waals surface area contributed by atoms with Gasteiger partial charge in [-0.2, -0.15) is 0 Å². The predicted molar refractivity (Wildman–Crippen MR) is 169 cm³/mol. The molecule has 6 aromatic carbocycles. The third-order valence-electron chi connectivity index (χ3n) is 9.00. The number of fused-ring (bicyclic) bond motifs is 10. The van der Waals surface area contributed by atoms with Gasteiger partial charge in [-0.1, -0.05) is 127 Å². The molecule has 198 valence electrons. The minimum atomic E-state index is -0.558. The first-order valence-corrected chi connectivity index (χ1v) is 14.4. The Balaban J connectivity index is 1.38. The van der Waals surface area contributed by atoms with Gasteiger partial charge in [-0.25, -0.2) is 0 Å². The van der Waals surface area contributed by atoms with Gasteiger partial charge in [0.2, 0.25) is 0 Å². The van der Waals surface area contributed by atoms with E-state index in [1.54, 1.807) is 0 Å². The molecule has 2 heterocycles. The van der Waals surface area contributed by atoms with Crippen molar-refractivity contribution in [1.82, 2.24) is 0 Å². The van der Waals surface area contributed by atoms with E-state index in [2.05, 4.69) is 151 Å². The van der Waals surface area contributed by atoms with Crippen molar-refractivity contribution in [3.63, 3.8) is 0 Å². The van der Waals surface area contributed by atoms with Crippen molar-refractivity contribution < 1.29 is 4.74 Å². The monoisotopic (exact) mass is 538 g/mol. The topological polar surface area (TPSA) is 33.6 Å². The number of para-hydroxylation sites is 3. The molecule has 6 aromatic rings. The molecule has 1 atom stereocenters. The van der Waals surface area contributed by atoms with E-state index in [-0.39, 0.29) is 6.04 Å². The summed E-state index contributed by atoms with van der Waals surface area (Å²) in [7, 11) is 0. The fourth-order valence-electron chi connectivity index (χ4n) is 7.35. The molecule has 0 aromatic heterocycles. The molecule has 9 rings (SSSR count). The minimum absolute atomic E-state index is 0.108. The Kier molecular flexibility index (Phi) is 4.88. The van der Waals surface area contributed by atoms with Crippen LogP contribution in [0.3, 0.4) is 0 Å². The molecule has 3 heteroatoms. The van der Waals surface area contributed by atoms with E-state index < -0.39 is 5.41 Å². The summed E-state index contributed by atoms with van der Waals surface area (Å²) in [5, 5.41) is 3.76. The number of benzene rings is 6. The molecule has 2 aliphatic heterocycles. The number of nitrogens with one attached hydrogen (secondary N) is 1. The molecular formula is C39H26N2O. The highest BCUT2D eigenvalue weighted by atomic mass is 16.5. The van der Waals surface area contributed by atoms with Crippen molar-refractivity contribution in [3.8, 4) is 22.6 Å². The zero-order valence-electron chi connectivity index (χ0n) is 22.8. The van der Waals surface area contributed by atoms with Gasteiger partial charge >= 0.3 is 0 Å². The Bertz CT molecular complexity index is 2010. The summed E-state index contributed by atoms with van der Waals surface area (Å²) in [5.41, 5.74) is 11.3. The van der Waals surface area contributed by atoms with Crippen LogP contribution in [0.1, 0.15) is 45.0 Å². The van der Waals surface area contributed by atoms with E-state index >= 15 is 0 Å². The molecular weight excluding hydrogens is 512 g/mol. The molecule has 0 amide bonds. The lowest BCUT2D eigenvalue weighted by atomic mass is 9.65.